The number of hydrogen-bond acceptors (Lipinski definition) is 2. The molecule has 0 saturated heterocycles. The first kappa shape index (κ1) is 16.2. The van der Waals surface area contributed by atoms with Crippen molar-refractivity contribution in [1.29, 1.82) is 0 Å². The molecule has 0 aliphatic carbocycles. The Morgan fingerprint density at radius 3 is 2.60 bits per heavy atom. The van der Waals surface area contributed by atoms with E-state index in [1.807, 2.05) is 48.0 Å². The zero-order valence-electron chi connectivity index (χ0n) is 13.1. The van der Waals surface area contributed by atoms with Crippen molar-refractivity contribution in [2.75, 3.05) is 0 Å². The summed E-state index contributed by atoms with van der Waals surface area (Å²) in [5.41, 5.74) is 2.17. The van der Waals surface area contributed by atoms with Crippen LogP contribution < -0.4 is 0 Å². The maximum atomic E-state index is 4.56. The molecule has 25 heavy (non-hydrogen) atoms. The molecule has 0 aliphatic rings. The molecule has 4 heteroatoms. The van der Waals surface area contributed by atoms with Crippen molar-refractivity contribution in [1.82, 2.24) is 9.55 Å². The minimum absolute atomic E-state index is 0. The Kier molecular flexibility index (Phi) is 4.26. The molecule has 0 aliphatic heterocycles. The van der Waals surface area contributed by atoms with Gasteiger partial charge in [-0.1, -0.05) is 30.3 Å². The second-order valence-corrected chi connectivity index (χ2v) is 6.70. The Bertz CT molecular complexity index is 1160. The van der Waals surface area contributed by atoms with Crippen molar-refractivity contribution >= 4 is 31.5 Å². The normalized spacial score (nSPS) is 10.9. The molecule has 0 bridgehead atoms. The fourth-order valence-corrected chi connectivity index (χ4v) is 4.36. The Morgan fingerprint density at radius 2 is 1.72 bits per heavy atom. The van der Waals surface area contributed by atoms with Crippen molar-refractivity contribution in [3.63, 3.8) is 0 Å². The number of fused-ring (bicyclic) bond motifs is 3. The monoisotopic (exact) mass is 518 g/mol. The summed E-state index contributed by atoms with van der Waals surface area (Å²) in [5, 5.41) is 2.61. The average molecular weight is 518 g/mol. The van der Waals surface area contributed by atoms with Crippen LogP contribution in [-0.4, -0.2) is 9.55 Å². The summed E-state index contributed by atoms with van der Waals surface area (Å²) in [6.07, 6.45) is 3.87. The molecule has 123 valence electrons. The van der Waals surface area contributed by atoms with Crippen LogP contribution in [0.5, 0.6) is 0 Å². The number of imidazole rings is 1. The fourth-order valence-electron chi connectivity index (χ4n) is 3.15. The van der Waals surface area contributed by atoms with Gasteiger partial charge in [-0.15, -0.1) is 47.2 Å². The van der Waals surface area contributed by atoms with E-state index in [-0.39, 0.29) is 20.1 Å². The maximum Gasteiger partial charge on any atom is 0.0603 e. The van der Waals surface area contributed by atoms with E-state index < -0.39 is 0 Å². The van der Waals surface area contributed by atoms with E-state index in [1.165, 1.54) is 25.9 Å². The number of thiophene rings is 1. The smallest absolute Gasteiger partial charge is 0.0603 e. The van der Waals surface area contributed by atoms with Crippen molar-refractivity contribution in [3.05, 3.63) is 85.2 Å². The van der Waals surface area contributed by atoms with E-state index in [0.717, 1.165) is 11.4 Å². The van der Waals surface area contributed by atoms with Crippen LogP contribution in [0.4, 0.5) is 0 Å². The Morgan fingerprint density at radius 1 is 0.880 bits per heavy atom. The number of benzene rings is 3. The van der Waals surface area contributed by atoms with Crippen LogP contribution in [-0.2, 0) is 20.1 Å². The van der Waals surface area contributed by atoms with Gasteiger partial charge in [0.1, 0.15) is 0 Å². The SMILES string of the molecule is [Ir].[c-]1ccccc1-c1nccn1-c1cccc2c1sc1ccccc12. The van der Waals surface area contributed by atoms with Gasteiger partial charge in [0.25, 0.3) is 0 Å². The van der Waals surface area contributed by atoms with Gasteiger partial charge in [0.15, 0.2) is 0 Å². The first-order chi connectivity index (χ1) is 11.9. The van der Waals surface area contributed by atoms with Crippen LogP contribution in [0.3, 0.4) is 0 Å². The minimum Gasteiger partial charge on any atom is -0.339 e. The first-order valence-electron chi connectivity index (χ1n) is 7.83. The predicted octanol–water partition coefficient (Wildman–Crippen LogP) is 5.70. The summed E-state index contributed by atoms with van der Waals surface area (Å²) >= 11 is 1.83. The van der Waals surface area contributed by atoms with Crippen molar-refractivity contribution in [2.24, 2.45) is 0 Å². The third-order valence-electron chi connectivity index (χ3n) is 4.23. The third kappa shape index (κ3) is 2.63. The van der Waals surface area contributed by atoms with E-state index in [9.17, 15) is 0 Å². The van der Waals surface area contributed by atoms with Gasteiger partial charge in [0.05, 0.1) is 16.2 Å². The summed E-state index contributed by atoms with van der Waals surface area (Å²) < 4.78 is 4.76. The molecule has 0 fully saturated rings. The molecule has 2 heterocycles. The molecule has 0 amide bonds. The van der Waals surface area contributed by atoms with Crippen LogP contribution in [0, 0.1) is 6.07 Å². The van der Waals surface area contributed by atoms with Crippen molar-refractivity contribution < 1.29 is 20.1 Å². The fraction of sp³-hybridized carbons (Fsp3) is 0. The Hall–Kier alpha value is -2.26. The Balaban J connectivity index is 0.00000157. The summed E-state index contributed by atoms with van der Waals surface area (Å²) in [6, 6.07) is 26.3. The predicted molar refractivity (Wildman–Crippen MR) is 101 cm³/mol. The van der Waals surface area contributed by atoms with Gasteiger partial charge in [-0.25, -0.2) is 0 Å². The summed E-state index contributed by atoms with van der Waals surface area (Å²) in [5.74, 6) is 0.917. The number of hydrogen-bond donors (Lipinski definition) is 0. The largest absolute Gasteiger partial charge is 0.339 e. The van der Waals surface area contributed by atoms with Gasteiger partial charge >= 0.3 is 0 Å². The van der Waals surface area contributed by atoms with E-state index in [1.54, 1.807) is 0 Å². The molecular weight excluding hydrogens is 505 g/mol. The first-order valence-corrected chi connectivity index (χ1v) is 8.64. The molecule has 5 rings (SSSR count). The molecule has 2 nitrogen and oxygen atoms in total. The van der Waals surface area contributed by atoms with E-state index >= 15 is 0 Å². The molecule has 0 saturated carbocycles. The summed E-state index contributed by atoms with van der Waals surface area (Å²) in [4.78, 5) is 4.56. The van der Waals surface area contributed by atoms with E-state index in [2.05, 4.69) is 58.1 Å². The maximum absolute atomic E-state index is 4.56. The molecule has 5 aromatic rings. The van der Waals surface area contributed by atoms with Crippen LogP contribution in [0.1, 0.15) is 0 Å². The van der Waals surface area contributed by atoms with Crippen molar-refractivity contribution in [2.45, 2.75) is 0 Å². The molecule has 2 aromatic heterocycles. The van der Waals surface area contributed by atoms with E-state index in [4.69, 9.17) is 0 Å². The molecule has 0 atom stereocenters. The van der Waals surface area contributed by atoms with Gasteiger partial charge in [0, 0.05) is 48.0 Å². The van der Waals surface area contributed by atoms with Gasteiger partial charge < -0.3 is 4.57 Å². The third-order valence-corrected chi connectivity index (χ3v) is 5.44. The zero-order chi connectivity index (χ0) is 15.9. The van der Waals surface area contributed by atoms with Gasteiger partial charge in [-0.2, -0.15) is 0 Å². The van der Waals surface area contributed by atoms with Gasteiger partial charge in [-0.3, -0.25) is 4.98 Å². The molecule has 1 radical (unpaired) electrons. The van der Waals surface area contributed by atoms with Crippen LogP contribution in [0.15, 0.2) is 79.1 Å². The van der Waals surface area contributed by atoms with Crippen LogP contribution in [0.25, 0.3) is 37.2 Å². The molecule has 0 spiro atoms. The summed E-state index contributed by atoms with van der Waals surface area (Å²) in [7, 11) is 0. The Labute approximate surface area is 163 Å². The van der Waals surface area contributed by atoms with Crippen LogP contribution >= 0.6 is 11.3 Å². The second-order valence-electron chi connectivity index (χ2n) is 5.65. The topological polar surface area (TPSA) is 17.8 Å². The molecular formula is C21H13IrN2S-. The van der Waals surface area contributed by atoms with Gasteiger partial charge in [-0.05, 0) is 12.1 Å². The van der Waals surface area contributed by atoms with Gasteiger partial charge in [0.2, 0.25) is 0 Å². The quantitative estimate of drug-likeness (QED) is 0.275. The minimum atomic E-state index is 0. The number of nitrogens with zero attached hydrogens (tertiary/aromatic N) is 2. The zero-order valence-corrected chi connectivity index (χ0v) is 16.4. The second kappa shape index (κ2) is 6.57. The summed E-state index contributed by atoms with van der Waals surface area (Å²) in [6.45, 7) is 0. The molecule has 0 N–H and O–H groups in total. The molecule has 3 aromatic carbocycles. The van der Waals surface area contributed by atoms with E-state index in [0.29, 0.717) is 0 Å². The number of rotatable bonds is 2. The van der Waals surface area contributed by atoms with Crippen molar-refractivity contribution in [3.8, 4) is 17.1 Å². The standard InChI is InChI=1S/C21H13N2S.Ir/c1-2-7-15(8-3-1)21-22-13-14-23(21)18-11-6-10-17-16-9-4-5-12-19(16)24-20(17)18;/h1-7,9-14H;/q-1;. The molecule has 0 unspecified atom stereocenters. The number of aromatic nitrogens is 2. The van der Waals surface area contributed by atoms with Crippen LogP contribution in [0.2, 0.25) is 0 Å². The average Bonchev–Trinajstić information content (AvgIpc) is 3.27.